The van der Waals surface area contributed by atoms with Gasteiger partial charge in [-0.25, -0.2) is 14.4 Å². The highest BCUT2D eigenvalue weighted by molar-refractivity contribution is 5.99. The van der Waals surface area contributed by atoms with Crippen LogP contribution in [0.25, 0.3) is 11.3 Å². The Kier molecular flexibility index (Phi) is 8.95. The Morgan fingerprint density at radius 3 is 2.23 bits per heavy atom. The normalized spacial score (nSPS) is 15.0. The van der Waals surface area contributed by atoms with Crippen molar-refractivity contribution in [1.82, 2.24) is 9.97 Å². The molecule has 4 aromatic rings. The first-order valence-corrected chi connectivity index (χ1v) is 14.6. The molecule has 0 spiro atoms. The van der Waals surface area contributed by atoms with Crippen LogP contribution < -0.4 is 25.8 Å². The van der Waals surface area contributed by atoms with Crippen LogP contribution in [0.5, 0.6) is 0 Å². The van der Waals surface area contributed by atoms with E-state index in [0.717, 1.165) is 55.0 Å². The number of benzene rings is 3. The van der Waals surface area contributed by atoms with E-state index in [4.69, 9.17) is 14.5 Å². The second-order valence-electron chi connectivity index (χ2n) is 10.4. The first-order chi connectivity index (χ1) is 21.6. The van der Waals surface area contributed by atoms with Crippen LogP contribution in [0.15, 0.2) is 85.6 Å². The first-order valence-electron chi connectivity index (χ1n) is 14.6. The molecule has 3 N–H and O–H groups in total. The molecule has 6 rings (SSSR count). The molecule has 3 aromatic carbocycles. The minimum absolute atomic E-state index is 0.0274. The van der Waals surface area contributed by atoms with Gasteiger partial charge in [0, 0.05) is 54.5 Å². The van der Waals surface area contributed by atoms with E-state index in [9.17, 15) is 9.18 Å². The molecular formula is C33H34FN7O3. The predicted molar refractivity (Wildman–Crippen MR) is 172 cm³/mol. The summed E-state index contributed by atoms with van der Waals surface area (Å²) in [6, 6.07) is 20.7. The van der Waals surface area contributed by atoms with Crippen molar-refractivity contribution in [3.8, 4) is 11.3 Å². The fourth-order valence-electron chi connectivity index (χ4n) is 5.17. The Morgan fingerprint density at radius 1 is 0.818 bits per heavy atom. The Labute approximate surface area is 255 Å². The zero-order valence-electron chi connectivity index (χ0n) is 24.3. The van der Waals surface area contributed by atoms with Crippen LogP contribution >= 0.6 is 0 Å². The molecule has 1 amide bonds. The van der Waals surface area contributed by atoms with Gasteiger partial charge in [-0.2, -0.15) is 0 Å². The monoisotopic (exact) mass is 595 g/mol. The van der Waals surface area contributed by atoms with Gasteiger partial charge < -0.3 is 35.2 Å². The number of ether oxygens (including phenoxy) is 2. The van der Waals surface area contributed by atoms with Crippen molar-refractivity contribution in [2.75, 3.05) is 78.4 Å². The summed E-state index contributed by atoms with van der Waals surface area (Å²) in [7, 11) is 0. The largest absolute Gasteiger partial charge is 0.378 e. The molecule has 10 nitrogen and oxygen atoms in total. The maximum Gasteiger partial charge on any atom is 0.247 e. The highest BCUT2D eigenvalue weighted by Crippen LogP contribution is 2.33. The third-order valence-electron chi connectivity index (χ3n) is 7.47. The van der Waals surface area contributed by atoms with Crippen LogP contribution in [0.3, 0.4) is 0 Å². The molecule has 1 aromatic heterocycles. The molecule has 2 aliphatic rings. The van der Waals surface area contributed by atoms with Gasteiger partial charge in [-0.1, -0.05) is 12.6 Å². The number of amides is 1. The number of aromatic nitrogens is 2. The minimum atomic E-state index is -0.565. The highest BCUT2D eigenvalue weighted by Gasteiger charge is 2.16. The summed E-state index contributed by atoms with van der Waals surface area (Å²) >= 11 is 0. The summed E-state index contributed by atoms with van der Waals surface area (Å²) in [6.07, 6.45) is 2.79. The number of hydrogen-bond acceptors (Lipinski definition) is 9. The van der Waals surface area contributed by atoms with Gasteiger partial charge in [0.15, 0.2) is 0 Å². The number of hydrogen-bond donors (Lipinski definition) is 3. The summed E-state index contributed by atoms with van der Waals surface area (Å²) in [6.45, 7) is 9.63. The molecule has 0 bridgehead atoms. The Morgan fingerprint density at radius 2 is 1.52 bits per heavy atom. The number of carbonyl (C=O) groups is 1. The first kappa shape index (κ1) is 29.1. The van der Waals surface area contributed by atoms with Gasteiger partial charge in [0.2, 0.25) is 11.9 Å². The van der Waals surface area contributed by atoms with E-state index in [1.165, 1.54) is 6.07 Å². The minimum Gasteiger partial charge on any atom is -0.378 e. The molecule has 0 saturated carbocycles. The molecule has 3 heterocycles. The van der Waals surface area contributed by atoms with E-state index in [2.05, 4.69) is 61.6 Å². The summed E-state index contributed by atoms with van der Waals surface area (Å²) in [5.74, 6) is -0.706. The standard InChI is InChI=1S/C33H34FN7O3/c1-2-31(42)38-29-20-23(6-11-28(29)34)32-30(36-24-7-9-26(10-8-24)40-12-16-43-17-13-40)22-35-33(39-32)37-25-4-3-5-27(21-25)41-14-18-44-19-15-41/h2-11,20-22,36H,1,12-19H2,(H,38,42)(H,35,37,39). The van der Waals surface area contributed by atoms with E-state index in [1.807, 2.05) is 24.3 Å². The highest BCUT2D eigenvalue weighted by atomic mass is 19.1. The molecule has 0 radical (unpaired) electrons. The summed E-state index contributed by atoms with van der Waals surface area (Å²) in [4.78, 5) is 26.0. The lowest BCUT2D eigenvalue weighted by atomic mass is 10.1. The zero-order chi connectivity index (χ0) is 30.3. The van der Waals surface area contributed by atoms with Crippen molar-refractivity contribution < 1.29 is 18.7 Å². The van der Waals surface area contributed by atoms with E-state index >= 15 is 0 Å². The fourth-order valence-corrected chi connectivity index (χ4v) is 5.17. The third-order valence-corrected chi connectivity index (χ3v) is 7.47. The molecule has 11 heteroatoms. The van der Waals surface area contributed by atoms with Crippen LogP contribution in [-0.4, -0.2) is 68.5 Å². The molecule has 0 atom stereocenters. The van der Waals surface area contributed by atoms with Gasteiger partial charge >= 0.3 is 0 Å². The predicted octanol–water partition coefficient (Wildman–Crippen LogP) is 5.57. The maximum absolute atomic E-state index is 14.6. The summed E-state index contributed by atoms with van der Waals surface area (Å²) in [5, 5.41) is 9.26. The van der Waals surface area contributed by atoms with Gasteiger partial charge in [0.25, 0.3) is 0 Å². The average molecular weight is 596 g/mol. The lowest BCUT2D eigenvalue weighted by molar-refractivity contribution is -0.111. The van der Waals surface area contributed by atoms with Crippen LogP contribution in [-0.2, 0) is 14.3 Å². The summed E-state index contributed by atoms with van der Waals surface area (Å²) < 4.78 is 25.6. The van der Waals surface area contributed by atoms with Crippen molar-refractivity contribution in [2.24, 2.45) is 0 Å². The second-order valence-corrected chi connectivity index (χ2v) is 10.4. The van der Waals surface area contributed by atoms with E-state index in [1.54, 1.807) is 18.3 Å². The molecule has 44 heavy (non-hydrogen) atoms. The number of nitrogens with one attached hydrogen (secondary N) is 3. The smallest absolute Gasteiger partial charge is 0.247 e. The van der Waals surface area contributed by atoms with Gasteiger partial charge in [0.05, 0.1) is 49.7 Å². The van der Waals surface area contributed by atoms with Gasteiger partial charge in [-0.15, -0.1) is 0 Å². The lowest BCUT2D eigenvalue weighted by Gasteiger charge is -2.29. The Balaban J connectivity index is 1.30. The quantitative estimate of drug-likeness (QED) is 0.214. The van der Waals surface area contributed by atoms with Crippen LogP contribution in [0.4, 0.5) is 44.5 Å². The molecule has 2 aliphatic heterocycles. The van der Waals surface area contributed by atoms with Gasteiger partial charge in [-0.3, -0.25) is 4.79 Å². The molecule has 226 valence electrons. The lowest BCUT2D eigenvalue weighted by Crippen LogP contribution is -2.36. The summed E-state index contributed by atoms with van der Waals surface area (Å²) in [5.41, 5.74) is 5.63. The molecule has 2 fully saturated rings. The van der Waals surface area contributed by atoms with Gasteiger partial charge in [0.1, 0.15) is 5.82 Å². The Bertz CT molecular complexity index is 1620. The van der Waals surface area contributed by atoms with E-state index in [-0.39, 0.29) is 5.69 Å². The average Bonchev–Trinajstić information content (AvgIpc) is 3.07. The molecule has 2 saturated heterocycles. The van der Waals surface area contributed by atoms with Crippen molar-refractivity contribution >= 4 is 46.0 Å². The number of rotatable bonds is 9. The van der Waals surface area contributed by atoms with E-state index in [0.29, 0.717) is 49.3 Å². The maximum atomic E-state index is 14.6. The Hall–Kier alpha value is -5.00. The van der Waals surface area contributed by atoms with Crippen molar-refractivity contribution in [3.05, 3.63) is 91.4 Å². The SMILES string of the molecule is C=CC(=O)Nc1cc(-c2nc(Nc3cccc(N4CCOCC4)c3)ncc2Nc2ccc(N3CCOCC3)cc2)ccc1F. The fraction of sp³-hybridized carbons (Fsp3) is 0.242. The molecule has 0 unspecified atom stereocenters. The van der Waals surface area contributed by atoms with E-state index < -0.39 is 11.7 Å². The number of carbonyl (C=O) groups excluding carboxylic acids is 1. The van der Waals surface area contributed by atoms with Crippen molar-refractivity contribution in [2.45, 2.75) is 0 Å². The zero-order valence-corrected chi connectivity index (χ0v) is 24.3. The second kappa shape index (κ2) is 13.5. The van der Waals surface area contributed by atoms with Crippen LogP contribution in [0.2, 0.25) is 0 Å². The number of anilines is 7. The molecule has 0 aliphatic carbocycles. The third kappa shape index (κ3) is 6.96. The number of nitrogens with zero attached hydrogens (tertiary/aromatic N) is 4. The van der Waals surface area contributed by atoms with Crippen molar-refractivity contribution in [3.63, 3.8) is 0 Å². The van der Waals surface area contributed by atoms with Crippen LogP contribution in [0, 0.1) is 5.82 Å². The van der Waals surface area contributed by atoms with Gasteiger partial charge in [-0.05, 0) is 66.7 Å². The topological polar surface area (TPSA) is 104 Å². The number of halogens is 1. The van der Waals surface area contributed by atoms with Crippen LogP contribution in [0.1, 0.15) is 0 Å². The molecular weight excluding hydrogens is 561 g/mol. The van der Waals surface area contributed by atoms with Crippen molar-refractivity contribution in [1.29, 1.82) is 0 Å². The number of morpholine rings is 2.